The molecule has 0 bridgehead atoms. The molecular weight excluding hydrogens is 421 g/mol. The van der Waals surface area contributed by atoms with E-state index in [4.69, 9.17) is 5.73 Å². The van der Waals surface area contributed by atoms with Gasteiger partial charge in [-0.25, -0.2) is 22.9 Å². The van der Waals surface area contributed by atoms with Gasteiger partial charge in [0.25, 0.3) is 0 Å². The topological polar surface area (TPSA) is 72.6 Å². The van der Waals surface area contributed by atoms with Crippen LogP contribution in [0.15, 0.2) is 84.9 Å². The van der Waals surface area contributed by atoms with Crippen molar-refractivity contribution in [1.29, 1.82) is 0 Å². The molecule has 0 spiro atoms. The summed E-state index contributed by atoms with van der Waals surface area (Å²) < 4.78 is 42.5. The van der Waals surface area contributed by atoms with Crippen LogP contribution in [0.3, 0.4) is 0 Å². The summed E-state index contributed by atoms with van der Waals surface area (Å²) in [6.45, 7) is 0.273. The van der Waals surface area contributed by atoms with Crippen molar-refractivity contribution in [1.82, 2.24) is 4.90 Å². The molecule has 3 aromatic carbocycles. The van der Waals surface area contributed by atoms with Gasteiger partial charge < -0.3 is 10.5 Å². The molecule has 8 heteroatoms. The summed E-state index contributed by atoms with van der Waals surface area (Å²) in [5.41, 5.74) is 5.90. The van der Waals surface area contributed by atoms with Gasteiger partial charge in [-0.2, -0.15) is 0 Å². The van der Waals surface area contributed by atoms with E-state index in [-0.39, 0.29) is 31.0 Å². The smallest absolute Gasteiger partial charge is 0.416 e. The van der Waals surface area contributed by atoms with E-state index in [1.807, 2.05) is 36.4 Å². The van der Waals surface area contributed by atoms with E-state index in [2.05, 4.69) is 4.74 Å². The van der Waals surface area contributed by atoms with Gasteiger partial charge in [0.15, 0.2) is 0 Å². The number of hydrogen-bond donors (Lipinski definition) is 1. The molecule has 5 nitrogen and oxygen atoms in total. The number of cyclic esters (lactones) is 1. The number of ether oxygens (including phenoxy) is 1. The highest BCUT2D eigenvalue weighted by Crippen LogP contribution is 2.12. The largest absolute Gasteiger partial charge is 0.447 e. The number of halogens is 3. The first-order chi connectivity index (χ1) is 15.4. The number of imide groups is 1. The highest BCUT2D eigenvalue weighted by molar-refractivity contribution is 5.95. The third-order valence-electron chi connectivity index (χ3n) is 4.12. The highest BCUT2D eigenvalue weighted by Gasteiger charge is 2.31. The Morgan fingerprint density at radius 1 is 0.875 bits per heavy atom. The minimum absolute atomic E-state index is 0.0582. The van der Waals surface area contributed by atoms with Gasteiger partial charge in [-0.3, -0.25) is 4.79 Å². The normalized spacial score (nSPS) is 13.1. The maximum absolute atomic E-state index is 13.0. The molecule has 32 heavy (non-hydrogen) atoms. The van der Waals surface area contributed by atoms with Crippen molar-refractivity contribution in [3.8, 4) is 0 Å². The number of nitrogens with zero attached hydrogens (tertiary/aromatic N) is 1. The van der Waals surface area contributed by atoms with Gasteiger partial charge in [0.2, 0.25) is 5.91 Å². The molecule has 2 amide bonds. The molecule has 1 unspecified atom stereocenters. The first-order valence-corrected chi connectivity index (χ1v) is 9.76. The Balaban J connectivity index is 0.000000225. The summed E-state index contributed by atoms with van der Waals surface area (Å²) in [5, 5.41) is 0. The van der Waals surface area contributed by atoms with Crippen LogP contribution in [-0.2, 0) is 16.0 Å². The molecular formula is C24H23F3N2O3. The van der Waals surface area contributed by atoms with E-state index in [0.29, 0.717) is 0 Å². The molecule has 0 saturated carbocycles. The highest BCUT2D eigenvalue weighted by atomic mass is 19.1. The minimum atomic E-state index is -1.05. The molecule has 1 fully saturated rings. The van der Waals surface area contributed by atoms with Gasteiger partial charge in [0.1, 0.15) is 24.1 Å². The van der Waals surface area contributed by atoms with Crippen LogP contribution in [0.25, 0.3) is 0 Å². The Hall–Kier alpha value is -3.65. The van der Waals surface area contributed by atoms with Crippen LogP contribution in [0, 0.1) is 17.5 Å². The van der Waals surface area contributed by atoms with Crippen molar-refractivity contribution in [2.45, 2.75) is 12.5 Å². The number of amides is 2. The van der Waals surface area contributed by atoms with Crippen molar-refractivity contribution in [2.75, 3.05) is 13.2 Å². The lowest BCUT2D eigenvalue weighted by atomic mass is 10.1. The van der Waals surface area contributed by atoms with Crippen LogP contribution in [-0.4, -0.2) is 36.1 Å². The number of benzene rings is 3. The zero-order chi connectivity index (χ0) is 23.3. The Bertz CT molecular complexity index is 941. The molecule has 3 aromatic rings. The molecule has 0 aliphatic carbocycles. The van der Waals surface area contributed by atoms with E-state index < -0.39 is 29.7 Å². The molecule has 1 aliphatic heterocycles. The molecule has 1 heterocycles. The Morgan fingerprint density at radius 2 is 1.38 bits per heavy atom. The van der Waals surface area contributed by atoms with Crippen LogP contribution in [0.1, 0.15) is 5.56 Å². The fraction of sp³-hybridized carbons (Fsp3) is 0.167. The standard InChI is InChI=1S/C12H12F2N2O3.C6H5F.C6H6/c13-8-3-7(4-9(14)6-8)5-10(15)11(17)16-1-2-19-12(16)18;7-6-4-2-1-3-5-6;1-2-4-6-5-3-1/h3-4,6,10H,1-2,5,15H2;1-5H;1-6H. The van der Waals surface area contributed by atoms with Crippen LogP contribution in [0.5, 0.6) is 0 Å². The molecule has 0 aromatic heterocycles. The number of hydrogen-bond acceptors (Lipinski definition) is 4. The number of carbonyl (C=O) groups excluding carboxylic acids is 2. The van der Waals surface area contributed by atoms with Crippen molar-refractivity contribution >= 4 is 12.0 Å². The van der Waals surface area contributed by atoms with Gasteiger partial charge in [0.05, 0.1) is 12.6 Å². The lowest BCUT2D eigenvalue weighted by Crippen LogP contribution is -2.45. The Kier molecular flexibility index (Phi) is 9.93. The molecule has 0 radical (unpaired) electrons. The number of rotatable bonds is 3. The molecule has 1 aliphatic rings. The van der Waals surface area contributed by atoms with E-state index in [1.165, 1.54) is 12.1 Å². The fourth-order valence-electron chi connectivity index (χ4n) is 2.66. The zero-order valence-corrected chi connectivity index (χ0v) is 17.2. The first kappa shape index (κ1) is 24.6. The average molecular weight is 444 g/mol. The number of nitrogens with two attached hydrogens (primary N) is 1. The van der Waals surface area contributed by atoms with Crippen LogP contribution < -0.4 is 5.73 Å². The Labute approximate surface area is 184 Å². The monoisotopic (exact) mass is 444 g/mol. The molecule has 2 N–H and O–H groups in total. The predicted molar refractivity (Wildman–Crippen MR) is 114 cm³/mol. The summed E-state index contributed by atoms with van der Waals surface area (Å²) in [4.78, 5) is 23.9. The fourth-order valence-corrected chi connectivity index (χ4v) is 2.66. The SMILES string of the molecule is Fc1ccccc1.NC(Cc1cc(F)cc(F)c1)C(=O)N1CCOC1=O.c1ccccc1. The molecule has 4 rings (SSSR count). The zero-order valence-electron chi connectivity index (χ0n) is 17.2. The maximum atomic E-state index is 13.0. The minimum Gasteiger partial charge on any atom is -0.447 e. The van der Waals surface area contributed by atoms with E-state index in [1.54, 1.807) is 18.2 Å². The van der Waals surface area contributed by atoms with Crippen molar-refractivity contribution in [3.05, 3.63) is 108 Å². The second kappa shape index (κ2) is 12.9. The lowest BCUT2D eigenvalue weighted by Gasteiger charge is -2.16. The molecule has 1 saturated heterocycles. The third kappa shape index (κ3) is 8.61. The molecule has 168 valence electrons. The van der Waals surface area contributed by atoms with Crippen molar-refractivity contribution < 1.29 is 27.5 Å². The van der Waals surface area contributed by atoms with Crippen LogP contribution in [0.2, 0.25) is 0 Å². The summed E-state index contributed by atoms with van der Waals surface area (Å²) in [7, 11) is 0. The van der Waals surface area contributed by atoms with Gasteiger partial charge in [-0.05, 0) is 36.2 Å². The van der Waals surface area contributed by atoms with Gasteiger partial charge in [-0.15, -0.1) is 0 Å². The van der Waals surface area contributed by atoms with Gasteiger partial charge in [-0.1, -0.05) is 54.6 Å². The number of carbonyl (C=O) groups is 2. The summed E-state index contributed by atoms with van der Waals surface area (Å²) in [6, 6.07) is 21.8. The van der Waals surface area contributed by atoms with E-state index in [0.717, 1.165) is 23.1 Å². The summed E-state index contributed by atoms with van der Waals surface area (Å²) in [5.74, 6) is -2.28. The second-order valence-corrected chi connectivity index (χ2v) is 6.64. The quantitative estimate of drug-likeness (QED) is 0.653. The second-order valence-electron chi connectivity index (χ2n) is 6.64. The van der Waals surface area contributed by atoms with Gasteiger partial charge in [0, 0.05) is 6.07 Å². The summed E-state index contributed by atoms with van der Waals surface area (Å²) >= 11 is 0. The van der Waals surface area contributed by atoms with Crippen molar-refractivity contribution in [3.63, 3.8) is 0 Å². The predicted octanol–water partition coefficient (Wildman–Crippen LogP) is 4.33. The Morgan fingerprint density at radius 3 is 1.78 bits per heavy atom. The third-order valence-corrected chi connectivity index (χ3v) is 4.12. The van der Waals surface area contributed by atoms with E-state index in [9.17, 15) is 22.8 Å². The van der Waals surface area contributed by atoms with E-state index >= 15 is 0 Å². The lowest BCUT2D eigenvalue weighted by molar-refractivity contribution is -0.129. The van der Waals surface area contributed by atoms with Crippen LogP contribution >= 0.6 is 0 Å². The summed E-state index contributed by atoms with van der Waals surface area (Å²) in [6.07, 6.45) is -0.803. The first-order valence-electron chi connectivity index (χ1n) is 9.76. The van der Waals surface area contributed by atoms with Gasteiger partial charge >= 0.3 is 6.09 Å². The molecule has 1 atom stereocenters. The average Bonchev–Trinajstić information content (AvgIpc) is 3.21. The van der Waals surface area contributed by atoms with Crippen molar-refractivity contribution in [2.24, 2.45) is 5.73 Å². The van der Waals surface area contributed by atoms with Crippen LogP contribution in [0.4, 0.5) is 18.0 Å². The maximum Gasteiger partial charge on any atom is 0.416 e.